The van der Waals surface area contributed by atoms with Crippen LogP contribution in [0.2, 0.25) is 5.02 Å². The van der Waals surface area contributed by atoms with E-state index in [9.17, 15) is 5.26 Å². The van der Waals surface area contributed by atoms with E-state index in [2.05, 4.69) is 22.6 Å². The van der Waals surface area contributed by atoms with Gasteiger partial charge in [0.05, 0.1) is 16.8 Å². The SMILES string of the molecule is C/C=C\C(C#N)C1=C2Cc3ccnn3-c3c(Cl)ccc(c32)CCN1. The molecule has 2 aromatic rings. The van der Waals surface area contributed by atoms with Crippen LogP contribution < -0.4 is 5.32 Å². The molecular formula is C19H17ClN4. The van der Waals surface area contributed by atoms with Crippen molar-refractivity contribution in [1.82, 2.24) is 15.1 Å². The van der Waals surface area contributed by atoms with E-state index in [1.54, 1.807) is 6.20 Å². The van der Waals surface area contributed by atoms with E-state index in [-0.39, 0.29) is 5.92 Å². The smallest absolute Gasteiger partial charge is 0.104 e. The molecule has 1 atom stereocenters. The average molecular weight is 337 g/mol. The molecule has 0 amide bonds. The molecule has 0 fully saturated rings. The first-order chi connectivity index (χ1) is 11.7. The summed E-state index contributed by atoms with van der Waals surface area (Å²) in [7, 11) is 0. The Morgan fingerprint density at radius 3 is 3.08 bits per heavy atom. The van der Waals surface area contributed by atoms with Crippen LogP contribution in [0, 0.1) is 17.2 Å². The highest BCUT2D eigenvalue weighted by atomic mass is 35.5. The molecule has 0 saturated heterocycles. The molecule has 1 aromatic carbocycles. The Kier molecular flexibility index (Phi) is 3.66. The van der Waals surface area contributed by atoms with Gasteiger partial charge < -0.3 is 5.32 Å². The zero-order valence-electron chi connectivity index (χ0n) is 13.4. The Morgan fingerprint density at radius 2 is 2.29 bits per heavy atom. The van der Waals surface area contributed by atoms with Gasteiger partial charge in [0.1, 0.15) is 5.92 Å². The van der Waals surface area contributed by atoms with Crippen LogP contribution in [0.1, 0.15) is 23.7 Å². The molecule has 2 aliphatic rings. The Bertz CT molecular complexity index is 914. The lowest BCUT2D eigenvalue weighted by atomic mass is 9.87. The topological polar surface area (TPSA) is 53.6 Å². The van der Waals surface area contributed by atoms with Gasteiger partial charge in [-0.3, -0.25) is 0 Å². The van der Waals surface area contributed by atoms with E-state index in [1.165, 1.54) is 5.56 Å². The second kappa shape index (κ2) is 5.85. The molecule has 0 aliphatic carbocycles. The van der Waals surface area contributed by atoms with Gasteiger partial charge in [0, 0.05) is 36.1 Å². The number of aromatic nitrogens is 2. The molecule has 1 aromatic heterocycles. The number of halogens is 1. The Balaban J connectivity index is 2.05. The summed E-state index contributed by atoms with van der Waals surface area (Å²) in [5.74, 6) is -0.280. The minimum absolute atomic E-state index is 0.280. The zero-order valence-corrected chi connectivity index (χ0v) is 14.1. The van der Waals surface area contributed by atoms with E-state index >= 15 is 0 Å². The summed E-state index contributed by atoms with van der Waals surface area (Å²) in [5.41, 5.74) is 6.58. The molecule has 2 aliphatic heterocycles. The largest absolute Gasteiger partial charge is 0.386 e. The van der Waals surface area contributed by atoms with E-state index in [1.807, 2.05) is 35.9 Å². The number of hydrogen-bond acceptors (Lipinski definition) is 3. The van der Waals surface area contributed by atoms with Crippen molar-refractivity contribution in [3.63, 3.8) is 0 Å². The molecule has 0 saturated carbocycles. The fourth-order valence-electron chi connectivity index (χ4n) is 3.66. The van der Waals surface area contributed by atoms with Gasteiger partial charge in [-0.15, -0.1) is 0 Å². The van der Waals surface area contributed by atoms with Crippen LogP contribution >= 0.6 is 11.6 Å². The van der Waals surface area contributed by atoms with E-state index < -0.39 is 0 Å². The number of nitrogens with zero attached hydrogens (tertiary/aromatic N) is 3. The third-order valence-electron chi connectivity index (χ3n) is 4.68. The number of nitrogens with one attached hydrogen (secondary N) is 1. The maximum atomic E-state index is 9.64. The molecule has 5 heteroatoms. The summed E-state index contributed by atoms with van der Waals surface area (Å²) in [5, 5.41) is 18.3. The predicted octanol–water partition coefficient (Wildman–Crippen LogP) is 3.65. The number of fused-ring (bicyclic) bond motifs is 2. The molecule has 120 valence electrons. The van der Waals surface area contributed by atoms with Crippen molar-refractivity contribution in [2.24, 2.45) is 5.92 Å². The van der Waals surface area contributed by atoms with E-state index in [4.69, 9.17) is 11.6 Å². The molecule has 0 spiro atoms. The summed E-state index contributed by atoms with van der Waals surface area (Å²) >= 11 is 6.54. The van der Waals surface area contributed by atoms with Crippen molar-refractivity contribution in [2.45, 2.75) is 19.8 Å². The molecule has 1 unspecified atom stereocenters. The Hall–Kier alpha value is -2.51. The minimum Gasteiger partial charge on any atom is -0.386 e. The van der Waals surface area contributed by atoms with Crippen molar-refractivity contribution in [3.05, 3.63) is 64.1 Å². The summed E-state index contributed by atoms with van der Waals surface area (Å²) in [6, 6.07) is 8.46. The number of benzene rings is 1. The number of rotatable bonds is 2. The third-order valence-corrected chi connectivity index (χ3v) is 4.98. The van der Waals surface area contributed by atoms with Gasteiger partial charge in [-0.05, 0) is 36.6 Å². The van der Waals surface area contributed by atoms with Crippen LogP contribution in [0.4, 0.5) is 0 Å². The van der Waals surface area contributed by atoms with Gasteiger partial charge >= 0.3 is 0 Å². The first-order valence-corrected chi connectivity index (χ1v) is 8.46. The van der Waals surface area contributed by atoms with Crippen molar-refractivity contribution in [1.29, 1.82) is 5.26 Å². The van der Waals surface area contributed by atoms with Crippen LogP contribution in [-0.2, 0) is 12.8 Å². The second-order valence-corrected chi connectivity index (χ2v) is 6.45. The number of allylic oxidation sites excluding steroid dienone is 3. The molecule has 4 rings (SSSR count). The van der Waals surface area contributed by atoms with Gasteiger partial charge in [-0.1, -0.05) is 29.8 Å². The van der Waals surface area contributed by atoms with Crippen LogP contribution in [0.25, 0.3) is 11.3 Å². The molecule has 0 bridgehead atoms. The van der Waals surface area contributed by atoms with Gasteiger partial charge in [0.15, 0.2) is 0 Å². The summed E-state index contributed by atoms with van der Waals surface area (Å²) < 4.78 is 1.94. The number of hydrogen-bond donors (Lipinski definition) is 1. The van der Waals surface area contributed by atoms with Gasteiger partial charge in [0.25, 0.3) is 0 Å². The fraction of sp³-hybridized carbons (Fsp3) is 0.263. The van der Waals surface area contributed by atoms with Crippen molar-refractivity contribution in [3.8, 4) is 11.8 Å². The maximum Gasteiger partial charge on any atom is 0.104 e. The third kappa shape index (κ3) is 2.16. The zero-order chi connectivity index (χ0) is 16.7. The normalized spacial score (nSPS) is 16.9. The van der Waals surface area contributed by atoms with Gasteiger partial charge in [-0.25, -0.2) is 4.68 Å². The minimum atomic E-state index is -0.280. The summed E-state index contributed by atoms with van der Waals surface area (Å²) in [4.78, 5) is 0. The Morgan fingerprint density at radius 1 is 1.42 bits per heavy atom. The van der Waals surface area contributed by atoms with Crippen LogP contribution in [-0.4, -0.2) is 16.3 Å². The highest BCUT2D eigenvalue weighted by Crippen LogP contribution is 2.41. The predicted molar refractivity (Wildman–Crippen MR) is 94.8 cm³/mol. The van der Waals surface area contributed by atoms with E-state index in [0.29, 0.717) is 5.02 Å². The first kappa shape index (κ1) is 15.0. The summed E-state index contributed by atoms with van der Waals surface area (Å²) in [6.07, 6.45) is 7.32. The molecule has 24 heavy (non-hydrogen) atoms. The van der Waals surface area contributed by atoms with E-state index in [0.717, 1.165) is 47.6 Å². The summed E-state index contributed by atoms with van der Waals surface area (Å²) in [6.45, 7) is 2.75. The highest BCUT2D eigenvalue weighted by molar-refractivity contribution is 6.33. The molecule has 0 radical (unpaired) electrons. The second-order valence-electron chi connectivity index (χ2n) is 6.04. The van der Waals surface area contributed by atoms with Crippen molar-refractivity contribution in [2.75, 3.05) is 6.54 Å². The van der Waals surface area contributed by atoms with Crippen LogP contribution in [0.5, 0.6) is 0 Å². The average Bonchev–Trinajstić information content (AvgIpc) is 2.98. The Labute approximate surface area is 146 Å². The lowest BCUT2D eigenvalue weighted by Gasteiger charge is -2.26. The fourth-order valence-corrected chi connectivity index (χ4v) is 3.90. The monoisotopic (exact) mass is 336 g/mol. The molecular weight excluding hydrogens is 320 g/mol. The highest BCUT2D eigenvalue weighted by Gasteiger charge is 2.30. The molecule has 1 N–H and O–H groups in total. The molecule has 4 nitrogen and oxygen atoms in total. The first-order valence-electron chi connectivity index (χ1n) is 8.09. The van der Waals surface area contributed by atoms with Crippen molar-refractivity contribution >= 4 is 17.2 Å². The van der Waals surface area contributed by atoms with Crippen molar-refractivity contribution < 1.29 is 0 Å². The lowest BCUT2D eigenvalue weighted by Crippen LogP contribution is -2.22. The lowest BCUT2D eigenvalue weighted by molar-refractivity contribution is 0.738. The van der Waals surface area contributed by atoms with Gasteiger partial charge in [0.2, 0.25) is 0 Å². The quantitative estimate of drug-likeness (QED) is 0.852. The van der Waals surface area contributed by atoms with Gasteiger partial charge in [-0.2, -0.15) is 10.4 Å². The molecule has 3 heterocycles. The van der Waals surface area contributed by atoms with Crippen LogP contribution in [0.15, 0.2) is 42.2 Å². The van der Waals surface area contributed by atoms with Crippen LogP contribution in [0.3, 0.4) is 0 Å². The standard InChI is InChI=1S/C19H17ClN4/c1-2-3-13(11-21)18-15-10-14-7-9-23-24(14)19-16(20)5-4-12(17(15)19)6-8-22-18/h2-5,7,9,13,22H,6,8,10H2,1H3/b3-2-. The number of nitriles is 1. The maximum absolute atomic E-state index is 9.64.